The predicted molar refractivity (Wildman–Crippen MR) is 89.8 cm³/mol. The van der Waals surface area contributed by atoms with Crippen LogP contribution in [0.2, 0.25) is 0 Å². The number of hydrogen-bond acceptors (Lipinski definition) is 4. The lowest BCUT2D eigenvalue weighted by Gasteiger charge is -2.32. The molecule has 0 aromatic carbocycles. The van der Waals surface area contributed by atoms with Crippen molar-refractivity contribution < 1.29 is 4.79 Å². The zero-order chi connectivity index (χ0) is 15.6. The Bertz CT molecular complexity index is 679. The number of nitrogens with zero attached hydrogens (tertiary/aromatic N) is 4. The van der Waals surface area contributed by atoms with Gasteiger partial charge in [-0.15, -0.1) is 10.2 Å². The van der Waals surface area contributed by atoms with Gasteiger partial charge in [-0.2, -0.15) is 11.3 Å². The Balaban J connectivity index is 1.54. The summed E-state index contributed by atoms with van der Waals surface area (Å²) in [6.45, 7) is 2.66. The van der Waals surface area contributed by atoms with E-state index in [0.717, 1.165) is 56.1 Å². The Labute approximate surface area is 140 Å². The topological polar surface area (TPSA) is 51.0 Å². The number of amides is 1. The molecule has 2 aliphatic rings. The first-order valence-electron chi connectivity index (χ1n) is 8.56. The fourth-order valence-electron chi connectivity index (χ4n) is 3.75. The van der Waals surface area contributed by atoms with Crippen LogP contribution < -0.4 is 0 Å². The van der Waals surface area contributed by atoms with Crippen molar-refractivity contribution in [3.8, 4) is 0 Å². The molecule has 1 atom stereocenters. The molecule has 0 aliphatic carbocycles. The third-order valence-corrected chi connectivity index (χ3v) is 5.66. The van der Waals surface area contributed by atoms with E-state index in [4.69, 9.17) is 0 Å². The molecule has 0 saturated carbocycles. The molecular weight excluding hydrogens is 308 g/mol. The lowest BCUT2D eigenvalue weighted by molar-refractivity contribution is 0.0703. The quantitative estimate of drug-likeness (QED) is 0.850. The van der Waals surface area contributed by atoms with Gasteiger partial charge < -0.3 is 9.47 Å². The summed E-state index contributed by atoms with van der Waals surface area (Å²) in [6, 6.07) is 1.92. The highest BCUT2D eigenvalue weighted by Gasteiger charge is 2.29. The van der Waals surface area contributed by atoms with Crippen LogP contribution in [0.25, 0.3) is 0 Å². The van der Waals surface area contributed by atoms with Crippen LogP contribution in [-0.2, 0) is 13.0 Å². The average molecular weight is 330 g/mol. The van der Waals surface area contributed by atoms with Gasteiger partial charge in [-0.25, -0.2) is 0 Å². The molecule has 0 unspecified atom stereocenters. The van der Waals surface area contributed by atoms with Gasteiger partial charge in [-0.1, -0.05) is 6.42 Å². The van der Waals surface area contributed by atoms with Crippen molar-refractivity contribution in [2.24, 2.45) is 0 Å². The Kier molecular flexibility index (Phi) is 4.16. The van der Waals surface area contributed by atoms with E-state index in [1.54, 1.807) is 11.3 Å². The van der Waals surface area contributed by atoms with E-state index in [9.17, 15) is 4.79 Å². The summed E-state index contributed by atoms with van der Waals surface area (Å²) in [4.78, 5) is 14.6. The molecule has 6 heteroatoms. The highest BCUT2D eigenvalue weighted by atomic mass is 32.1. The Hall–Kier alpha value is -1.69. The van der Waals surface area contributed by atoms with Gasteiger partial charge in [0.05, 0.1) is 5.56 Å². The maximum absolute atomic E-state index is 12.6. The number of piperidine rings is 1. The van der Waals surface area contributed by atoms with Gasteiger partial charge in [0.2, 0.25) is 0 Å². The molecule has 0 spiro atoms. The molecule has 2 aromatic rings. The molecule has 23 heavy (non-hydrogen) atoms. The van der Waals surface area contributed by atoms with Crippen LogP contribution in [0.1, 0.15) is 60.0 Å². The summed E-state index contributed by atoms with van der Waals surface area (Å²) in [5.74, 6) is 2.72. The second-order valence-electron chi connectivity index (χ2n) is 6.54. The van der Waals surface area contributed by atoms with Crippen molar-refractivity contribution in [1.82, 2.24) is 19.7 Å². The minimum atomic E-state index is 0.159. The molecule has 4 heterocycles. The molecule has 2 aliphatic heterocycles. The summed E-state index contributed by atoms with van der Waals surface area (Å²) in [7, 11) is 0. The SMILES string of the molecule is O=C(c1ccsc1)N1CCC[C@H](c2nnc3n2CCCCC3)C1. The molecule has 1 saturated heterocycles. The predicted octanol–water partition coefficient (Wildman–Crippen LogP) is 3.09. The molecule has 122 valence electrons. The van der Waals surface area contributed by atoms with Gasteiger partial charge in [0.1, 0.15) is 11.6 Å². The molecule has 0 bridgehead atoms. The Morgan fingerprint density at radius 2 is 2.13 bits per heavy atom. The zero-order valence-corrected chi connectivity index (χ0v) is 14.1. The van der Waals surface area contributed by atoms with E-state index in [1.807, 2.05) is 21.7 Å². The normalized spacial score (nSPS) is 21.7. The van der Waals surface area contributed by atoms with Crippen molar-refractivity contribution in [1.29, 1.82) is 0 Å². The first-order valence-corrected chi connectivity index (χ1v) is 9.50. The van der Waals surface area contributed by atoms with Crippen LogP contribution >= 0.6 is 11.3 Å². The van der Waals surface area contributed by atoms with Crippen molar-refractivity contribution in [2.45, 2.75) is 51.0 Å². The second kappa shape index (κ2) is 6.43. The lowest BCUT2D eigenvalue weighted by atomic mass is 9.96. The van der Waals surface area contributed by atoms with Crippen LogP contribution in [0.15, 0.2) is 16.8 Å². The summed E-state index contributed by atoms with van der Waals surface area (Å²) >= 11 is 1.58. The van der Waals surface area contributed by atoms with Gasteiger partial charge >= 0.3 is 0 Å². The highest BCUT2D eigenvalue weighted by Crippen LogP contribution is 2.28. The summed E-state index contributed by atoms with van der Waals surface area (Å²) in [5.41, 5.74) is 0.815. The van der Waals surface area contributed by atoms with E-state index in [-0.39, 0.29) is 5.91 Å². The maximum Gasteiger partial charge on any atom is 0.254 e. The van der Waals surface area contributed by atoms with Gasteiger partial charge in [0.15, 0.2) is 0 Å². The number of aromatic nitrogens is 3. The number of fused-ring (bicyclic) bond motifs is 1. The third kappa shape index (κ3) is 2.92. The van der Waals surface area contributed by atoms with E-state index in [0.29, 0.717) is 5.92 Å². The van der Waals surface area contributed by atoms with Crippen molar-refractivity contribution in [2.75, 3.05) is 13.1 Å². The van der Waals surface area contributed by atoms with Crippen LogP contribution in [-0.4, -0.2) is 38.7 Å². The number of carbonyl (C=O) groups excluding carboxylic acids is 1. The van der Waals surface area contributed by atoms with Crippen LogP contribution in [0.5, 0.6) is 0 Å². The van der Waals surface area contributed by atoms with Gasteiger partial charge in [0, 0.05) is 37.4 Å². The van der Waals surface area contributed by atoms with Gasteiger partial charge in [-0.05, 0) is 37.1 Å². The molecule has 1 amide bonds. The average Bonchev–Trinajstić information content (AvgIpc) is 3.20. The molecule has 5 nitrogen and oxygen atoms in total. The highest BCUT2D eigenvalue weighted by molar-refractivity contribution is 7.08. The number of thiophene rings is 1. The first kappa shape index (κ1) is 14.9. The standard InChI is InChI=1S/C17H22N4OS/c22-17(14-7-10-23-12-14)20-8-4-5-13(11-20)16-19-18-15-6-2-1-3-9-21(15)16/h7,10,12-13H,1-6,8-9,11H2/t13-/m0/s1. The van der Waals surface area contributed by atoms with Crippen LogP contribution in [0.3, 0.4) is 0 Å². The largest absolute Gasteiger partial charge is 0.338 e. The number of carbonyl (C=O) groups is 1. The fourth-order valence-corrected chi connectivity index (χ4v) is 4.38. The van der Waals surface area contributed by atoms with Crippen molar-refractivity contribution in [3.63, 3.8) is 0 Å². The molecule has 2 aromatic heterocycles. The summed E-state index contributed by atoms with van der Waals surface area (Å²) in [5, 5.41) is 12.8. The van der Waals surface area contributed by atoms with Crippen molar-refractivity contribution >= 4 is 17.2 Å². The molecular formula is C17H22N4OS. The van der Waals surface area contributed by atoms with Crippen molar-refractivity contribution in [3.05, 3.63) is 34.0 Å². The maximum atomic E-state index is 12.6. The molecule has 0 radical (unpaired) electrons. The summed E-state index contributed by atoms with van der Waals surface area (Å²) < 4.78 is 2.33. The third-order valence-electron chi connectivity index (χ3n) is 4.98. The van der Waals surface area contributed by atoms with E-state index < -0.39 is 0 Å². The lowest BCUT2D eigenvalue weighted by Crippen LogP contribution is -2.39. The van der Waals surface area contributed by atoms with Gasteiger partial charge in [-0.3, -0.25) is 4.79 Å². The minimum absolute atomic E-state index is 0.159. The molecule has 0 N–H and O–H groups in total. The Morgan fingerprint density at radius 3 is 3.00 bits per heavy atom. The molecule has 4 rings (SSSR count). The number of rotatable bonds is 2. The number of aryl methyl sites for hydroxylation is 1. The van der Waals surface area contributed by atoms with Crippen LogP contribution in [0, 0.1) is 0 Å². The first-order chi connectivity index (χ1) is 11.3. The second-order valence-corrected chi connectivity index (χ2v) is 7.32. The zero-order valence-electron chi connectivity index (χ0n) is 13.3. The minimum Gasteiger partial charge on any atom is -0.338 e. The number of hydrogen-bond donors (Lipinski definition) is 0. The van der Waals surface area contributed by atoms with Gasteiger partial charge in [0.25, 0.3) is 5.91 Å². The number of likely N-dealkylation sites (tertiary alicyclic amines) is 1. The Morgan fingerprint density at radius 1 is 1.17 bits per heavy atom. The molecule has 1 fully saturated rings. The smallest absolute Gasteiger partial charge is 0.254 e. The monoisotopic (exact) mass is 330 g/mol. The summed E-state index contributed by atoms with van der Waals surface area (Å²) in [6.07, 6.45) is 6.88. The fraction of sp³-hybridized carbons (Fsp3) is 0.588. The van der Waals surface area contributed by atoms with E-state index in [2.05, 4.69) is 14.8 Å². The van der Waals surface area contributed by atoms with E-state index >= 15 is 0 Å². The van der Waals surface area contributed by atoms with E-state index in [1.165, 1.54) is 19.3 Å². The van der Waals surface area contributed by atoms with Crippen LogP contribution in [0.4, 0.5) is 0 Å².